The molecule has 0 aromatic rings. The van der Waals surface area contributed by atoms with Crippen LogP contribution in [0.2, 0.25) is 0 Å². The van der Waals surface area contributed by atoms with Gasteiger partial charge in [-0.05, 0) is 46.5 Å². The van der Waals surface area contributed by atoms with Gasteiger partial charge in [0.25, 0.3) is 0 Å². The number of carbonyl (C=O) groups excluding carboxylic acids is 3. The van der Waals surface area contributed by atoms with Crippen LogP contribution in [-0.2, 0) is 23.9 Å². The molecule has 2 fully saturated rings. The SMILES string of the molecule is CC(C)(C)N1CC=CC23O[C@@H]4/C=C\CCCOC(=O)C4[C@H]2C(=O)N(CCCCCCO)[C@@H]3C1=O. The number of ether oxygens (including phenoxy) is 2. The maximum atomic E-state index is 14.0. The highest BCUT2D eigenvalue weighted by Crippen LogP contribution is 2.53. The van der Waals surface area contributed by atoms with E-state index in [1.807, 2.05) is 45.1 Å². The molecule has 0 aromatic carbocycles. The average Bonchev–Trinajstić information content (AvgIpc) is 3.17. The summed E-state index contributed by atoms with van der Waals surface area (Å²) in [6.45, 7) is 7.24. The number of nitrogens with zero attached hydrogens (tertiary/aromatic N) is 2. The van der Waals surface area contributed by atoms with Crippen molar-refractivity contribution in [3.8, 4) is 0 Å². The average molecular weight is 475 g/mol. The molecule has 4 aliphatic heterocycles. The number of aliphatic hydroxyl groups is 1. The standard InChI is InChI=1S/C26H38N2O6/c1-25(2,3)28-15-11-13-26-20(19-18(34-26)12-7-6-10-17-33-24(19)32)22(30)27(21(26)23(28)31)14-8-4-5-9-16-29/h7,11-13,18-21,29H,4-6,8-10,14-17H2,1-3H3/b12-7-/t18-,19?,20+,21-,26?/m1/s1. The van der Waals surface area contributed by atoms with E-state index >= 15 is 0 Å². The maximum Gasteiger partial charge on any atom is 0.312 e. The summed E-state index contributed by atoms with van der Waals surface area (Å²) in [5.41, 5.74) is -1.63. The molecule has 0 radical (unpaired) electrons. The third kappa shape index (κ3) is 4.31. The lowest BCUT2D eigenvalue weighted by atomic mass is 9.78. The molecule has 0 saturated carbocycles. The van der Waals surface area contributed by atoms with Crippen LogP contribution in [0, 0.1) is 11.8 Å². The second-order valence-electron chi connectivity index (χ2n) is 10.8. The highest BCUT2D eigenvalue weighted by atomic mass is 16.6. The van der Waals surface area contributed by atoms with Crippen molar-refractivity contribution in [1.82, 2.24) is 9.80 Å². The van der Waals surface area contributed by atoms with Gasteiger partial charge in [0.2, 0.25) is 11.8 Å². The van der Waals surface area contributed by atoms with E-state index in [-0.39, 0.29) is 18.4 Å². The molecule has 1 N–H and O–H groups in total. The first-order valence-corrected chi connectivity index (χ1v) is 12.6. The predicted octanol–water partition coefficient (Wildman–Crippen LogP) is 2.21. The number of likely N-dealkylation sites (tertiary alicyclic amines) is 1. The molecule has 8 nitrogen and oxygen atoms in total. The van der Waals surface area contributed by atoms with Gasteiger partial charge in [-0.25, -0.2) is 0 Å². The van der Waals surface area contributed by atoms with E-state index in [1.54, 1.807) is 9.80 Å². The summed E-state index contributed by atoms with van der Waals surface area (Å²) in [7, 11) is 0. The van der Waals surface area contributed by atoms with Crippen LogP contribution in [0.25, 0.3) is 0 Å². The topological polar surface area (TPSA) is 96.4 Å². The van der Waals surface area contributed by atoms with Crippen LogP contribution < -0.4 is 0 Å². The number of cyclic esters (lactones) is 1. The zero-order chi connectivity index (χ0) is 24.5. The smallest absolute Gasteiger partial charge is 0.312 e. The number of aliphatic hydroxyl groups excluding tert-OH is 1. The highest BCUT2D eigenvalue weighted by molar-refractivity contribution is 5.99. The molecule has 2 amide bonds. The molecule has 1 spiro atoms. The van der Waals surface area contributed by atoms with Crippen LogP contribution >= 0.6 is 0 Å². The Morgan fingerprint density at radius 3 is 2.59 bits per heavy atom. The van der Waals surface area contributed by atoms with Gasteiger partial charge in [0.05, 0.1) is 18.6 Å². The number of rotatable bonds is 6. The second kappa shape index (κ2) is 9.82. The first-order valence-electron chi connectivity index (χ1n) is 12.6. The van der Waals surface area contributed by atoms with Gasteiger partial charge >= 0.3 is 5.97 Å². The third-order valence-electron chi connectivity index (χ3n) is 7.47. The van der Waals surface area contributed by atoms with E-state index in [0.717, 1.165) is 32.1 Å². The quantitative estimate of drug-likeness (QED) is 0.360. The molecule has 188 valence electrons. The van der Waals surface area contributed by atoms with Gasteiger partial charge in [-0.3, -0.25) is 14.4 Å². The number of hydrogen-bond donors (Lipinski definition) is 1. The molecule has 34 heavy (non-hydrogen) atoms. The Hall–Kier alpha value is -2.19. The summed E-state index contributed by atoms with van der Waals surface area (Å²) < 4.78 is 12.1. The minimum Gasteiger partial charge on any atom is -0.465 e. The lowest BCUT2D eigenvalue weighted by molar-refractivity contribution is -0.155. The van der Waals surface area contributed by atoms with Crippen LogP contribution in [0.15, 0.2) is 24.3 Å². The Labute approximate surface area is 201 Å². The molecule has 5 atom stereocenters. The summed E-state index contributed by atoms with van der Waals surface area (Å²) >= 11 is 0. The van der Waals surface area contributed by atoms with Crippen molar-refractivity contribution in [2.24, 2.45) is 11.8 Å². The number of esters is 1. The normalized spacial score (nSPS) is 34.5. The van der Waals surface area contributed by atoms with Gasteiger partial charge in [-0.2, -0.15) is 0 Å². The summed E-state index contributed by atoms with van der Waals surface area (Å²) in [5, 5.41) is 9.06. The van der Waals surface area contributed by atoms with Gasteiger partial charge in [0, 0.05) is 25.2 Å². The molecular weight excluding hydrogens is 436 g/mol. The van der Waals surface area contributed by atoms with Crippen molar-refractivity contribution in [2.45, 2.75) is 82.6 Å². The number of carbonyl (C=O) groups is 3. The van der Waals surface area contributed by atoms with Crippen molar-refractivity contribution in [3.63, 3.8) is 0 Å². The minimum absolute atomic E-state index is 0.146. The van der Waals surface area contributed by atoms with Gasteiger partial charge < -0.3 is 24.4 Å². The van der Waals surface area contributed by atoms with Gasteiger partial charge in [0.1, 0.15) is 17.6 Å². The number of fused-ring (bicyclic) bond motifs is 2. The molecule has 0 bridgehead atoms. The largest absolute Gasteiger partial charge is 0.465 e. The first kappa shape index (κ1) is 24.9. The minimum atomic E-state index is -1.20. The first-order chi connectivity index (χ1) is 16.2. The molecular formula is C26H38N2O6. The molecule has 0 aromatic heterocycles. The molecule has 2 unspecified atom stereocenters. The van der Waals surface area contributed by atoms with Crippen LogP contribution in [0.5, 0.6) is 0 Å². The third-order valence-corrected chi connectivity index (χ3v) is 7.47. The Balaban J connectivity index is 1.73. The number of hydrogen-bond acceptors (Lipinski definition) is 6. The molecule has 4 rings (SSSR count). The Morgan fingerprint density at radius 2 is 1.85 bits per heavy atom. The van der Waals surface area contributed by atoms with Crippen LogP contribution in [-0.4, -0.2) is 82.3 Å². The fraction of sp³-hybridized carbons (Fsp3) is 0.731. The number of unbranched alkanes of at least 4 members (excludes halogenated alkanes) is 3. The van der Waals surface area contributed by atoms with Crippen molar-refractivity contribution < 1.29 is 29.0 Å². The van der Waals surface area contributed by atoms with Crippen LogP contribution in [0.3, 0.4) is 0 Å². The van der Waals surface area contributed by atoms with Crippen LogP contribution in [0.1, 0.15) is 59.3 Å². The van der Waals surface area contributed by atoms with Crippen LogP contribution in [0.4, 0.5) is 0 Å². The van der Waals surface area contributed by atoms with Gasteiger partial charge in [-0.1, -0.05) is 37.1 Å². The van der Waals surface area contributed by atoms with E-state index in [1.165, 1.54) is 0 Å². The Kier molecular flexibility index (Phi) is 7.20. The van der Waals surface area contributed by atoms with E-state index in [0.29, 0.717) is 26.1 Å². The molecule has 2 saturated heterocycles. The number of allylic oxidation sites excluding steroid dienone is 1. The summed E-state index contributed by atoms with van der Waals surface area (Å²) in [6.07, 6.45) is 11.7. The zero-order valence-electron chi connectivity index (χ0n) is 20.6. The summed E-state index contributed by atoms with van der Waals surface area (Å²) in [6, 6.07) is -0.822. The van der Waals surface area contributed by atoms with E-state index in [9.17, 15) is 14.4 Å². The monoisotopic (exact) mass is 474 g/mol. The van der Waals surface area contributed by atoms with Crippen molar-refractivity contribution in [3.05, 3.63) is 24.3 Å². The fourth-order valence-electron chi connectivity index (χ4n) is 5.84. The summed E-state index contributed by atoms with van der Waals surface area (Å²) in [5.74, 6) is -2.35. The molecule has 8 heteroatoms. The second-order valence-corrected chi connectivity index (χ2v) is 10.8. The Morgan fingerprint density at radius 1 is 1.09 bits per heavy atom. The molecule has 4 aliphatic rings. The fourth-order valence-corrected chi connectivity index (χ4v) is 5.84. The van der Waals surface area contributed by atoms with Crippen molar-refractivity contribution >= 4 is 17.8 Å². The maximum absolute atomic E-state index is 14.0. The molecule has 4 heterocycles. The summed E-state index contributed by atoms with van der Waals surface area (Å²) in [4.78, 5) is 44.5. The number of amides is 2. The predicted molar refractivity (Wildman–Crippen MR) is 126 cm³/mol. The lowest BCUT2D eigenvalue weighted by Crippen LogP contribution is -2.58. The van der Waals surface area contributed by atoms with E-state index in [2.05, 4.69) is 0 Å². The van der Waals surface area contributed by atoms with Crippen molar-refractivity contribution in [1.29, 1.82) is 0 Å². The van der Waals surface area contributed by atoms with E-state index < -0.39 is 41.1 Å². The van der Waals surface area contributed by atoms with Gasteiger partial charge in [0.15, 0.2) is 0 Å². The molecule has 0 aliphatic carbocycles. The lowest BCUT2D eigenvalue weighted by Gasteiger charge is -2.40. The zero-order valence-corrected chi connectivity index (χ0v) is 20.6. The Bertz CT molecular complexity index is 862. The van der Waals surface area contributed by atoms with Crippen molar-refractivity contribution in [2.75, 3.05) is 26.3 Å². The van der Waals surface area contributed by atoms with E-state index in [4.69, 9.17) is 14.6 Å². The van der Waals surface area contributed by atoms with Gasteiger partial charge in [-0.15, -0.1) is 0 Å². The highest BCUT2D eigenvalue weighted by Gasteiger charge is 2.71.